The van der Waals surface area contributed by atoms with Gasteiger partial charge in [0.2, 0.25) is 0 Å². The van der Waals surface area contributed by atoms with Crippen molar-refractivity contribution in [1.29, 1.82) is 0 Å². The maximum atomic E-state index is 14.3. The maximum Gasteiger partial charge on any atom is 0.341 e. The molecule has 1 aromatic carbocycles. The Morgan fingerprint density at radius 2 is 2.07 bits per heavy atom. The van der Waals surface area contributed by atoms with E-state index in [0.717, 1.165) is 5.69 Å². The SMILES string of the molecule is CCCOC(=O)c1cnc2nc(C)ccc2c1Nc1ccc(Br)cc1F.Cl. The number of aryl methyl sites for hydroxylation is 1. The predicted molar refractivity (Wildman–Crippen MR) is 109 cm³/mol. The summed E-state index contributed by atoms with van der Waals surface area (Å²) in [6, 6.07) is 8.28. The second kappa shape index (κ2) is 9.10. The van der Waals surface area contributed by atoms with E-state index in [-0.39, 0.29) is 23.7 Å². The van der Waals surface area contributed by atoms with Gasteiger partial charge in [0.05, 0.1) is 18.0 Å². The molecule has 2 aromatic heterocycles. The predicted octanol–water partition coefficient (Wildman–Crippen LogP) is 5.57. The Balaban J connectivity index is 0.00000261. The second-order valence-electron chi connectivity index (χ2n) is 5.76. The third-order valence-electron chi connectivity index (χ3n) is 3.72. The molecule has 27 heavy (non-hydrogen) atoms. The van der Waals surface area contributed by atoms with Crippen molar-refractivity contribution in [2.45, 2.75) is 20.3 Å². The molecule has 3 aromatic rings. The molecule has 0 atom stereocenters. The first-order chi connectivity index (χ1) is 12.5. The number of aromatic nitrogens is 2. The molecule has 0 saturated carbocycles. The third-order valence-corrected chi connectivity index (χ3v) is 4.21. The first-order valence-electron chi connectivity index (χ1n) is 8.15. The maximum absolute atomic E-state index is 14.3. The molecule has 0 amide bonds. The minimum Gasteiger partial charge on any atom is -0.462 e. The second-order valence-corrected chi connectivity index (χ2v) is 6.67. The average Bonchev–Trinajstić information content (AvgIpc) is 2.61. The lowest BCUT2D eigenvalue weighted by atomic mass is 10.1. The molecule has 3 rings (SSSR count). The number of ether oxygens (including phenoxy) is 1. The number of benzene rings is 1. The van der Waals surface area contributed by atoms with E-state index in [0.29, 0.717) is 34.2 Å². The van der Waals surface area contributed by atoms with Crippen LogP contribution >= 0.6 is 28.3 Å². The van der Waals surface area contributed by atoms with Gasteiger partial charge in [-0.3, -0.25) is 0 Å². The van der Waals surface area contributed by atoms with Crippen LogP contribution in [0.4, 0.5) is 15.8 Å². The van der Waals surface area contributed by atoms with E-state index in [1.807, 2.05) is 19.9 Å². The van der Waals surface area contributed by atoms with Crippen molar-refractivity contribution < 1.29 is 13.9 Å². The molecule has 0 aliphatic carbocycles. The first-order valence-corrected chi connectivity index (χ1v) is 8.94. The lowest BCUT2D eigenvalue weighted by Crippen LogP contribution is -2.11. The number of fused-ring (bicyclic) bond motifs is 1. The lowest BCUT2D eigenvalue weighted by Gasteiger charge is -2.15. The van der Waals surface area contributed by atoms with Crippen molar-refractivity contribution in [2.24, 2.45) is 0 Å². The molecule has 0 aliphatic rings. The fourth-order valence-electron chi connectivity index (χ4n) is 2.46. The molecule has 0 aliphatic heterocycles. The van der Waals surface area contributed by atoms with E-state index < -0.39 is 11.8 Å². The van der Waals surface area contributed by atoms with Gasteiger partial charge < -0.3 is 10.1 Å². The van der Waals surface area contributed by atoms with E-state index in [1.165, 1.54) is 12.3 Å². The first kappa shape index (κ1) is 21.1. The number of anilines is 2. The zero-order chi connectivity index (χ0) is 18.7. The van der Waals surface area contributed by atoms with Crippen LogP contribution in [0.3, 0.4) is 0 Å². The molecule has 142 valence electrons. The molecule has 5 nitrogen and oxygen atoms in total. The molecular formula is C19H18BrClFN3O2. The Bertz CT molecular complexity index is 985. The van der Waals surface area contributed by atoms with Crippen molar-refractivity contribution in [3.05, 3.63) is 58.1 Å². The van der Waals surface area contributed by atoms with Crippen molar-refractivity contribution in [2.75, 3.05) is 11.9 Å². The van der Waals surface area contributed by atoms with Crippen LogP contribution in [0.25, 0.3) is 11.0 Å². The quantitative estimate of drug-likeness (QED) is 0.510. The highest BCUT2D eigenvalue weighted by Gasteiger charge is 2.19. The molecular weight excluding hydrogens is 437 g/mol. The Labute approximate surface area is 170 Å². The van der Waals surface area contributed by atoms with Gasteiger partial charge in [-0.25, -0.2) is 19.2 Å². The van der Waals surface area contributed by atoms with Crippen LogP contribution < -0.4 is 5.32 Å². The summed E-state index contributed by atoms with van der Waals surface area (Å²) in [7, 11) is 0. The highest BCUT2D eigenvalue weighted by atomic mass is 79.9. The van der Waals surface area contributed by atoms with E-state index in [9.17, 15) is 9.18 Å². The average molecular weight is 455 g/mol. The number of pyridine rings is 2. The Hall–Kier alpha value is -2.25. The molecule has 8 heteroatoms. The summed E-state index contributed by atoms with van der Waals surface area (Å²) in [5, 5.41) is 3.63. The zero-order valence-corrected chi connectivity index (χ0v) is 17.2. The fraction of sp³-hybridized carbons (Fsp3) is 0.211. The van der Waals surface area contributed by atoms with Gasteiger partial charge in [-0.05, 0) is 43.7 Å². The van der Waals surface area contributed by atoms with Gasteiger partial charge in [0.1, 0.15) is 11.4 Å². The fourth-order valence-corrected chi connectivity index (χ4v) is 2.79. The van der Waals surface area contributed by atoms with Gasteiger partial charge in [0.15, 0.2) is 5.65 Å². The highest BCUT2D eigenvalue weighted by Crippen LogP contribution is 2.31. The zero-order valence-electron chi connectivity index (χ0n) is 14.8. The summed E-state index contributed by atoms with van der Waals surface area (Å²) in [5.41, 5.74) is 2.17. The Kier molecular flexibility index (Phi) is 7.10. The summed E-state index contributed by atoms with van der Waals surface area (Å²) in [5.74, 6) is -0.959. The van der Waals surface area contributed by atoms with Crippen molar-refractivity contribution in [3.8, 4) is 0 Å². The number of nitrogens with one attached hydrogen (secondary N) is 1. The van der Waals surface area contributed by atoms with E-state index >= 15 is 0 Å². The molecule has 0 radical (unpaired) electrons. The molecule has 0 unspecified atom stereocenters. The van der Waals surface area contributed by atoms with Crippen LogP contribution in [0.2, 0.25) is 0 Å². The smallest absolute Gasteiger partial charge is 0.341 e. The summed E-state index contributed by atoms with van der Waals surface area (Å²) >= 11 is 3.23. The number of carbonyl (C=O) groups excluding carboxylic acids is 1. The number of rotatable bonds is 5. The van der Waals surface area contributed by atoms with Crippen molar-refractivity contribution >= 4 is 56.7 Å². The summed E-state index contributed by atoms with van der Waals surface area (Å²) < 4.78 is 20.2. The van der Waals surface area contributed by atoms with Crippen LogP contribution in [0, 0.1) is 12.7 Å². The molecule has 0 spiro atoms. The number of hydrogen-bond donors (Lipinski definition) is 1. The van der Waals surface area contributed by atoms with Crippen LogP contribution in [-0.4, -0.2) is 22.5 Å². The topological polar surface area (TPSA) is 64.1 Å². The monoisotopic (exact) mass is 453 g/mol. The van der Waals surface area contributed by atoms with E-state index in [1.54, 1.807) is 18.2 Å². The van der Waals surface area contributed by atoms with Crippen LogP contribution in [0.15, 0.2) is 41.0 Å². The van der Waals surface area contributed by atoms with Crippen LogP contribution in [-0.2, 0) is 4.74 Å². The summed E-state index contributed by atoms with van der Waals surface area (Å²) in [4.78, 5) is 21.1. The van der Waals surface area contributed by atoms with Gasteiger partial charge in [-0.15, -0.1) is 12.4 Å². The molecule has 0 bridgehead atoms. The highest BCUT2D eigenvalue weighted by molar-refractivity contribution is 9.10. The minimum absolute atomic E-state index is 0. The van der Waals surface area contributed by atoms with E-state index in [2.05, 4.69) is 31.2 Å². The summed E-state index contributed by atoms with van der Waals surface area (Å²) in [6.45, 7) is 4.07. The number of halogens is 3. The number of hydrogen-bond acceptors (Lipinski definition) is 5. The number of esters is 1. The Morgan fingerprint density at radius 3 is 2.78 bits per heavy atom. The molecule has 0 fully saturated rings. The van der Waals surface area contributed by atoms with Gasteiger partial charge >= 0.3 is 5.97 Å². The number of carbonyl (C=O) groups is 1. The van der Waals surface area contributed by atoms with Gasteiger partial charge in [-0.1, -0.05) is 22.9 Å². The summed E-state index contributed by atoms with van der Waals surface area (Å²) in [6.07, 6.45) is 2.11. The van der Waals surface area contributed by atoms with Gasteiger partial charge in [-0.2, -0.15) is 0 Å². The van der Waals surface area contributed by atoms with E-state index in [4.69, 9.17) is 4.74 Å². The van der Waals surface area contributed by atoms with Crippen LogP contribution in [0.1, 0.15) is 29.4 Å². The lowest BCUT2D eigenvalue weighted by molar-refractivity contribution is 0.0506. The molecule has 1 N–H and O–H groups in total. The van der Waals surface area contributed by atoms with Crippen molar-refractivity contribution in [3.63, 3.8) is 0 Å². The van der Waals surface area contributed by atoms with Gasteiger partial charge in [0.25, 0.3) is 0 Å². The minimum atomic E-state index is -0.512. The van der Waals surface area contributed by atoms with Gasteiger partial charge in [0, 0.05) is 21.7 Å². The third kappa shape index (κ3) is 4.73. The largest absolute Gasteiger partial charge is 0.462 e. The standard InChI is InChI=1S/C19H17BrFN3O2.ClH/c1-3-8-26-19(25)14-10-22-18-13(6-4-11(2)23-18)17(14)24-16-7-5-12(20)9-15(16)21;/h4-7,9-10H,3,8H2,1-2H3,(H,22,23,24);1H. The molecule has 0 saturated heterocycles. The Morgan fingerprint density at radius 1 is 1.30 bits per heavy atom. The normalized spacial score (nSPS) is 10.4. The number of nitrogens with zero attached hydrogens (tertiary/aromatic N) is 2. The molecule has 2 heterocycles. The van der Waals surface area contributed by atoms with Crippen LogP contribution in [0.5, 0.6) is 0 Å². The van der Waals surface area contributed by atoms with Crippen molar-refractivity contribution in [1.82, 2.24) is 9.97 Å².